The summed E-state index contributed by atoms with van der Waals surface area (Å²) in [6.07, 6.45) is 4.82. The Morgan fingerprint density at radius 2 is 1.64 bits per heavy atom. The van der Waals surface area contributed by atoms with E-state index < -0.39 is 5.91 Å². The number of piperidine rings is 1. The fourth-order valence-electron chi connectivity index (χ4n) is 4.54. The average Bonchev–Trinajstić information content (AvgIpc) is 3.58. The molecule has 0 bridgehead atoms. The maximum Gasteiger partial charge on any atom is 0.261 e. The SMILES string of the molecule is CN1CCC(N(Cc2ccco2)C(=O)c2ccc3c(c2)C(=O)N(Cc2ccco2)C3=O)CC1. The predicted octanol–water partition coefficient (Wildman–Crippen LogP) is 3.41. The molecule has 4 heterocycles. The number of hydrogen-bond acceptors (Lipinski definition) is 6. The van der Waals surface area contributed by atoms with E-state index in [4.69, 9.17) is 8.83 Å². The van der Waals surface area contributed by atoms with E-state index >= 15 is 0 Å². The molecule has 5 rings (SSSR count). The lowest BCUT2D eigenvalue weighted by atomic mass is 10.0. The van der Waals surface area contributed by atoms with Gasteiger partial charge in [-0.05, 0) is 75.4 Å². The van der Waals surface area contributed by atoms with E-state index in [9.17, 15) is 14.4 Å². The first-order chi connectivity index (χ1) is 16.0. The molecule has 2 aliphatic rings. The van der Waals surface area contributed by atoms with Crippen LogP contribution in [0.4, 0.5) is 0 Å². The Balaban J connectivity index is 1.41. The van der Waals surface area contributed by atoms with E-state index in [0.29, 0.717) is 29.2 Å². The molecule has 0 N–H and O–H groups in total. The number of carbonyl (C=O) groups excluding carboxylic acids is 3. The van der Waals surface area contributed by atoms with Crippen LogP contribution in [0.1, 0.15) is 55.4 Å². The second-order valence-electron chi connectivity index (χ2n) is 8.58. The Bertz CT molecular complexity index is 1160. The summed E-state index contributed by atoms with van der Waals surface area (Å²) >= 11 is 0. The number of amides is 3. The Morgan fingerprint density at radius 3 is 2.30 bits per heavy atom. The first-order valence-electron chi connectivity index (χ1n) is 11.1. The first-order valence-corrected chi connectivity index (χ1v) is 11.1. The number of likely N-dealkylation sites (tertiary alicyclic amines) is 1. The van der Waals surface area contributed by atoms with Gasteiger partial charge >= 0.3 is 0 Å². The molecule has 1 aromatic carbocycles. The number of furan rings is 2. The minimum absolute atomic E-state index is 0.0584. The van der Waals surface area contributed by atoms with E-state index in [1.807, 2.05) is 11.0 Å². The molecular weight excluding hydrogens is 422 g/mol. The smallest absolute Gasteiger partial charge is 0.261 e. The van der Waals surface area contributed by atoms with Crippen LogP contribution >= 0.6 is 0 Å². The van der Waals surface area contributed by atoms with E-state index in [1.54, 1.807) is 42.7 Å². The molecule has 1 saturated heterocycles. The van der Waals surface area contributed by atoms with Crippen molar-refractivity contribution < 1.29 is 23.2 Å². The summed E-state index contributed by atoms with van der Waals surface area (Å²) < 4.78 is 10.8. The highest BCUT2D eigenvalue weighted by molar-refractivity contribution is 6.22. The van der Waals surface area contributed by atoms with Crippen LogP contribution in [0.3, 0.4) is 0 Å². The van der Waals surface area contributed by atoms with Gasteiger partial charge in [0.15, 0.2) is 0 Å². The number of carbonyl (C=O) groups is 3. The predicted molar refractivity (Wildman–Crippen MR) is 118 cm³/mol. The van der Waals surface area contributed by atoms with Gasteiger partial charge in [0, 0.05) is 11.6 Å². The molecule has 1 fully saturated rings. The van der Waals surface area contributed by atoms with Gasteiger partial charge in [-0.2, -0.15) is 0 Å². The largest absolute Gasteiger partial charge is 0.467 e. The van der Waals surface area contributed by atoms with Gasteiger partial charge in [-0.25, -0.2) is 0 Å². The zero-order chi connectivity index (χ0) is 22.9. The maximum atomic E-state index is 13.6. The molecule has 8 nitrogen and oxygen atoms in total. The third kappa shape index (κ3) is 4.09. The number of rotatable bonds is 6. The van der Waals surface area contributed by atoms with Crippen molar-refractivity contribution in [3.63, 3.8) is 0 Å². The molecule has 0 aliphatic carbocycles. The Labute approximate surface area is 191 Å². The minimum atomic E-state index is -0.419. The van der Waals surface area contributed by atoms with Crippen molar-refractivity contribution in [1.29, 1.82) is 0 Å². The molecule has 33 heavy (non-hydrogen) atoms. The van der Waals surface area contributed by atoms with Gasteiger partial charge in [-0.1, -0.05) is 0 Å². The normalized spacial score (nSPS) is 16.9. The third-order valence-corrected chi connectivity index (χ3v) is 6.41. The number of imide groups is 1. The van der Waals surface area contributed by atoms with Crippen LogP contribution < -0.4 is 0 Å². The topological polar surface area (TPSA) is 87.2 Å². The molecule has 2 aliphatic heterocycles. The van der Waals surface area contributed by atoms with Gasteiger partial charge in [-0.15, -0.1) is 0 Å². The zero-order valence-corrected chi connectivity index (χ0v) is 18.4. The van der Waals surface area contributed by atoms with E-state index in [-0.39, 0.29) is 30.0 Å². The lowest BCUT2D eigenvalue weighted by molar-refractivity contribution is 0.0550. The van der Waals surface area contributed by atoms with Gasteiger partial charge in [0.05, 0.1) is 36.7 Å². The Kier molecular flexibility index (Phi) is 5.60. The van der Waals surface area contributed by atoms with E-state index in [0.717, 1.165) is 30.8 Å². The van der Waals surface area contributed by atoms with Crippen molar-refractivity contribution in [3.8, 4) is 0 Å². The third-order valence-electron chi connectivity index (χ3n) is 6.41. The summed E-state index contributed by atoms with van der Waals surface area (Å²) in [5, 5.41) is 0. The summed E-state index contributed by atoms with van der Waals surface area (Å²) in [6.45, 7) is 2.23. The Morgan fingerprint density at radius 1 is 0.970 bits per heavy atom. The highest BCUT2D eigenvalue weighted by atomic mass is 16.3. The van der Waals surface area contributed by atoms with Gasteiger partial charge < -0.3 is 18.6 Å². The van der Waals surface area contributed by atoms with Crippen molar-refractivity contribution in [2.45, 2.75) is 32.0 Å². The summed E-state index contributed by atoms with van der Waals surface area (Å²) in [5.41, 5.74) is 0.943. The molecule has 0 saturated carbocycles. The Hall–Kier alpha value is -3.65. The summed E-state index contributed by atoms with van der Waals surface area (Å²) in [5.74, 6) is 0.256. The fourth-order valence-corrected chi connectivity index (χ4v) is 4.54. The van der Waals surface area contributed by atoms with Crippen molar-refractivity contribution in [2.75, 3.05) is 20.1 Å². The highest BCUT2D eigenvalue weighted by Gasteiger charge is 2.37. The molecule has 0 atom stereocenters. The number of benzene rings is 1. The van der Waals surface area contributed by atoms with E-state index in [1.165, 1.54) is 6.26 Å². The lowest BCUT2D eigenvalue weighted by Gasteiger charge is -2.37. The van der Waals surface area contributed by atoms with Crippen LogP contribution in [0.25, 0.3) is 0 Å². The second-order valence-corrected chi connectivity index (χ2v) is 8.58. The number of fused-ring (bicyclic) bond motifs is 1. The standard InChI is InChI=1S/C25H25N3O5/c1-26-10-8-18(9-11-26)27(15-19-4-2-12-32-19)23(29)17-6-7-21-22(14-17)25(31)28(24(21)30)16-20-5-3-13-33-20/h2-7,12-14,18H,8-11,15-16H2,1H3. The molecule has 3 aromatic rings. The first kappa shape index (κ1) is 21.2. The minimum Gasteiger partial charge on any atom is -0.467 e. The molecular formula is C25H25N3O5. The van der Waals surface area contributed by atoms with Crippen LogP contribution in [0.5, 0.6) is 0 Å². The maximum absolute atomic E-state index is 13.6. The van der Waals surface area contributed by atoms with Crippen LogP contribution in [0.15, 0.2) is 63.8 Å². The molecule has 3 amide bonds. The van der Waals surface area contributed by atoms with Crippen LogP contribution in [-0.2, 0) is 13.1 Å². The van der Waals surface area contributed by atoms with Gasteiger partial charge in [0.1, 0.15) is 11.5 Å². The van der Waals surface area contributed by atoms with Gasteiger partial charge in [0.25, 0.3) is 17.7 Å². The summed E-state index contributed by atoms with van der Waals surface area (Å²) in [7, 11) is 2.08. The van der Waals surface area contributed by atoms with E-state index in [2.05, 4.69) is 11.9 Å². The van der Waals surface area contributed by atoms with Crippen molar-refractivity contribution in [2.24, 2.45) is 0 Å². The fraction of sp³-hybridized carbons (Fsp3) is 0.320. The van der Waals surface area contributed by atoms with Crippen LogP contribution in [0, 0.1) is 0 Å². The van der Waals surface area contributed by atoms with Gasteiger partial charge in [0.2, 0.25) is 0 Å². The zero-order valence-electron chi connectivity index (χ0n) is 18.4. The van der Waals surface area contributed by atoms with Crippen LogP contribution in [0.2, 0.25) is 0 Å². The second kappa shape index (κ2) is 8.71. The van der Waals surface area contributed by atoms with Crippen LogP contribution in [-0.4, -0.2) is 58.6 Å². The highest BCUT2D eigenvalue weighted by Crippen LogP contribution is 2.28. The van der Waals surface area contributed by atoms with Crippen molar-refractivity contribution in [3.05, 3.63) is 83.2 Å². The quantitative estimate of drug-likeness (QED) is 0.538. The average molecular weight is 447 g/mol. The lowest BCUT2D eigenvalue weighted by Crippen LogP contribution is -2.46. The molecule has 0 unspecified atom stereocenters. The summed E-state index contributed by atoms with van der Waals surface area (Å²) in [6, 6.07) is 11.9. The summed E-state index contributed by atoms with van der Waals surface area (Å²) in [4.78, 5) is 44.6. The number of hydrogen-bond donors (Lipinski definition) is 0. The molecule has 0 radical (unpaired) electrons. The molecule has 2 aromatic heterocycles. The van der Waals surface area contributed by atoms with Crippen molar-refractivity contribution >= 4 is 17.7 Å². The van der Waals surface area contributed by atoms with Gasteiger partial charge in [-0.3, -0.25) is 19.3 Å². The monoisotopic (exact) mass is 447 g/mol. The molecule has 8 heteroatoms. The molecule has 0 spiro atoms. The van der Waals surface area contributed by atoms with Crippen molar-refractivity contribution in [1.82, 2.24) is 14.7 Å². The molecule has 170 valence electrons. The number of nitrogens with zero attached hydrogens (tertiary/aromatic N) is 3.